The van der Waals surface area contributed by atoms with Gasteiger partial charge in [0, 0.05) is 11.5 Å². The third kappa shape index (κ3) is 3.38. The van der Waals surface area contributed by atoms with Gasteiger partial charge in [0.15, 0.2) is 0 Å². The minimum Gasteiger partial charge on any atom is -0.420 e. The topological polar surface area (TPSA) is 68.0 Å². The summed E-state index contributed by atoms with van der Waals surface area (Å²) in [5.74, 6) is 1.04. The third-order valence-electron chi connectivity index (χ3n) is 3.67. The number of amides is 1. The number of carbonyl (C=O) groups is 1. The van der Waals surface area contributed by atoms with Crippen LogP contribution in [0.4, 0.5) is 5.69 Å². The number of hydrogen-bond donors (Lipinski definition) is 1. The normalized spacial score (nSPS) is 11.0. The number of aryl methyl sites for hydroxylation is 1. The molecule has 0 radical (unpaired) electrons. The van der Waals surface area contributed by atoms with Crippen LogP contribution in [0.25, 0.3) is 10.8 Å². The summed E-state index contributed by atoms with van der Waals surface area (Å²) in [5, 5.41) is 13.0. The van der Waals surface area contributed by atoms with Crippen molar-refractivity contribution in [1.29, 1.82) is 0 Å². The van der Waals surface area contributed by atoms with Gasteiger partial charge < -0.3 is 9.73 Å². The van der Waals surface area contributed by atoms with Crippen LogP contribution < -0.4 is 5.32 Å². The van der Waals surface area contributed by atoms with E-state index in [0.717, 1.165) is 11.3 Å². The monoisotopic (exact) mass is 341 g/mol. The molecular formula is C18H19N3O2S. The zero-order chi connectivity index (χ0) is 17.1. The first kappa shape index (κ1) is 16.4. The van der Waals surface area contributed by atoms with Crippen LogP contribution in [0.2, 0.25) is 0 Å². The Hall–Kier alpha value is -2.47. The summed E-state index contributed by atoms with van der Waals surface area (Å²) in [5.41, 5.74) is 2.51. The zero-order valence-corrected chi connectivity index (χ0v) is 14.7. The molecule has 0 fully saturated rings. The van der Waals surface area contributed by atoms with Gasteiger partial charge in [0.25, 0.3) is 11.8 Å². The molecule has 2 aromatic heterocycles. The molecule has 0 bridgehead atoms. The molecule has 3 rings (SSSR count). The van der Waals surface area contributed by atoms with Crippen LogP contribution in [0, 0.1) is 0 Å². The van der Waals surface area contributed by atoms with Crippen LogP contribution >= 0.6 is 11.3 Å². The standard InChI is InChI=1S/C18H19N3O2S/c1-4-12-5-7-13(8-6-12)16(22)19-14-9-10-24-15(14)18-21-20-17(23-18)11(2)3/h5-11H,4H2,1-3H3,(H,19,22). The van der Waals surface area contributed by atoms with Crippen LogP contribution in [0.5, 0.6) is 0 Å². The summed E-state index contributed by atoms with van der Waals surface area (Å²) in [4.78, 5) is 13.2. The van der Waals surface area contributed by atoms with Crippen molar-refractivity contribution in [1.82, 2.24) is 10.2 Å². The van der Waals surface area contributed by atoms with Crippen LogP contribution in [0.1, 0.15) is 48.5 Å². The van der Waals surface area contributed by atoms with E-state index in [4.69, 9.17) is 4.42 Å². The Morgan fingerprint density at radius 2 is 1.96 bits per heavy atom. The summed E-state index contributed by atoms with van der Waals surface area (Å²) >= 11 is 1.46. The second-order valence-electron chi connectivity index (χ2n) is 5.77. The van der Waals surface area contributed by atoms with E-state index in [9.17, 15) is 4.79 Å². The molecule has 24 heavy (non-hydrogen) atoms. The Balaban J connectivity index is 1.80. The summed E-state index contributed by atoms with van der Waals surface area (Å²) in [6.45, 7) is 6.07. The van der Waals surface area contributed by atoms with E-state index < -0.39 is 0 Å². The van der Waals surface area contributed by atoms with Gasteiger partial charge in [0.05, 0.1) is 5.69 Å². The highest BCUT2D eigenvalue weighted by molar-refractivity contribution is 7.14. The van der Waals surface area contributed by atoms with E-state index in [1.165, 1.54) is 16.9 Å². The Kier molecular flexibility index (Phi) is 4.76. The van der Waals surface area contributed by atoms with Crippen molar-refractivity contribution in [3.05, 3.63) is 52.7 Å². The Bertz CT molecular complexity index is 834. The molecule has 2 heterocycles. The molecule has 0 aliphatic carbocycles. The van der Waals surface area contributed by atoms with Crippen LogP contribution in [0.3, 0.4) is 0 Å². The Morgan fingerprint density at radius 3 is 2.58 bits per heavy atom. The number of aromatic nitrogens is 2. The number of thiophene rings is 1. The molecule has 0 saturated carbocycles. The fourth-order valence-electron chi connectivity index (χ4n) is 2.22. The largest absolute Gasteiger partial charge is 0.420 e. The van der Waals surface area contributed by atoms with Crippen molar-refractivity contribution >= 4 is 22.9 Å². The second kappa shape index (κ2) is 6.97. The van der Waals surface area contributed by atoms with Crippen LogP contribution in [-0.2, 0) is 6.42 Å². The summed E-state index contributed by atoms with van der Waals surface area (Å²) in [6.07, 6.45) is 0.950. The SMILES string of the molecule is CCc1ccc(C(=O)Nc2ccsc2-c2nnc(C(C)C)o2)cc1. The first-order valence-corrected chi connectivity index (χ1v) is 8.78. The third-order valence-corrected chi connectivity index (χ3v) is 4.57. The highest BCUT2D eigenvalue weighted by Crippen LogP contribution is 2.33. The van der Waals surface area contributed by atoms with Crippen molar-refractivity contribution < 1.29 is 9.21 Å². The molecule has 0 spiro atoms. The molecule has 1 N–H and O–H groups in total. The van der Waals surface area contributed by atoms with Crippen molar-refractivity contribution in [3.8, 4) is 10.8 Å². The Morgan fingerprint density at radius 1 is 1.21 bits per heavy atom. The zero-order valence-electron chi connectivity index (χ0n) is 13.9. The molecule has 0 aliphatic heterocycles. The lowest BCUT2D eigenvalue weighted by Gasteiger charge is -2.05. The fraction of sp³-hybridized carbons (Fsp3) is 0.278. The predicted octanol–water partition coefficient (Wildman–Crippen LogP) is 4.74. The van der Waals surface area contributed by atoms with Gasteiger partial charge in [-0.25, -0.2) is 0 Å². The number of nitrogens with one attached hydrogen (secondary N) is 1. The summed E-state index contributed by atoms with van der Waals surface area (Å²) < 4.78 is 5.68. The van der Waals surface area contributed by atoms with Gasteiger partial charge >= 0.3 is 0 Å². The molecule has 3 aromatic rings. The first-order chi connectivity index (χ1) is 11.6. The van der Waals surface area contributed by atoms with E-state index in [-0.39, 0.29) is 11.8 Å². The van der Waals surface area contributed by atoms with E-state index in [2.05, 4.69) is 22.4 Å². The van der Waals surface area contributed by atoms with Crippen LogP contribution in [0.15, 0.2) is 40.1 Å². The highest BCUT2D eigenvalue weighted by Gasteiger charge is 2.17. The van der Waals surface area contributed by atoms with Crippen molar-refractivity contribution in [3.63, 3.8) is 0 Å². The lowest BCUT2D eigenvalue weighted by molar-refractivity contribution is 0.102. The number of hydrogen-bond acceptors (Lipinski definition) is 5. The summed E-state index contributed by atoms with van der Waals surface area (Å²) in [7, 11) is 0. The number of rotatable bonds is 5. The minimum atomic E-state index is -0.152. The molecule has 0 unspecified atom stereocenters. The van der Waals surface area contributed by atoms with E-state index in [1.807, 2.05) is 49.6 Å². The molecule has 124 valence electrons. The van der Waals surface area contributed by atoms with E-state index >= 15 is 0 Å². The molecule has 1 aromatic carbocycles. The maximum absolute atomic E-state index is 12.4. The molecule has 0 atom stereocenters. The predicted molar refractivity (Wildman–Crippen MR) is 95.5 cm³/mol. The van der Waals surface area contributed by atoms with Gasteiger partial charge in [-0.2, -0.15) is 0 Å². The molecule has 0 saturated heterocycles. The van der Waals surface area contributed by atoms with Gasteiger partial charge in [-0.1, -0.05) is 32.9 Å². The molecule has 5 nitrogen and oxygen atoms in total. The Labute approximate surface area is 144 Å². The van der Waals surface area contributed by atoms with Gasteiger partial charge in [0.1, 0.15) is 4.88 Å². The van der Waals surface area contributed by atoms with E-state index in [1.54, 1.807) is 0 Å². The molecular weight excluding hydrogens is 322 g/mol. The number of anilines is 1. The highest BCUT2D eigenvalue weighted by atomic mass is 32.1. The van der Waals surface area contributed by atoms with Crippen LogP contribution in [-0.4, -0.2) is 16.1 Å². The molecule has 0 aliphatic rings. The van der Waals surface area contributed by atoms with Gasteiger partial charge in [-0.15, -0.1) is 21.5 Å². The van der Waals surface area contributed by atoms with Gasteiger partial charge in [-0.05, 0) is 35.6 Å². The second-order valence-corrected chi connectivity index (χ2v) is 6.68. The molecule has 6 heteroatoms. The van der Waals surface area contributed by atoms with Crippen molar-refractivity contribution in [2.45, 2.75) is 33.1 Å². The minimum absolute atomic E-state index is 0.152. The van der Waals surface area contributed by atoms with Crippen molar-refractivity contribution in [2.75, 3.05) is 5.32 Å². The maximum Gasteiger partial charge on any atom is 0.259 e. The number of carbonyl (C=O) groups excluding carboxylic acids is 1. The molecule has 1 amide bonds. The first-order valence-electron chi connectivity index (χ1n) is 7.90. The maximum atomic E-state index is 12.4. The smallest absolute Gasteiger partial charge is 0.259 e. The lowest BCUT2D eigenvalue weighted by atomic mass is 10.1. The average Bonchev–Trinajstić information content (AvgIpc) is 3.23. The average molecular weight is 341 g/mol. The lowest BCUT2D eigenvalue weighted by Crippen LogP contribution is -2.11. The quantitative estimate of drug-likeness (QED) is 0.728. The number of nitrogens with zero attached hydrogens (tertiary/aromatic N) is 2. The van der Waals surface area contributed by atoms with Gasteiger partial charge in [0.2, 0.25) is 5.89 Å². The fourth-order valence-corrected chi connectivity index (χ4v) is 2.99. The number of benzene rings is 1. The van der Waals surface area contributed by atoms with Gasteiger partial charge in [-0.3, -0.25) is 4.79 Å². The van der Waals surface area contributed by atoms with E-state index in [0.29, 0.717) is 23.0 Å². The summed E-state index contributed by atoms with van der Waals surface area (Å²) in [6, 6.07) is 9.46. The van der Waals surface area contributed by atoms with Crippen molar-refractivity contribution in [2.24, 2.45) is 0 Å².